The molecule has 5 nitrogen and oxygen atoms in total. The van der Waals surface area contributed by atoms with Crippen molar-refractivity contribution in [2.75, 3.05) is 18.6 Å². The first-order chi connectivity index (χ1) is 11.5. The number of benzene rings is 2. The van der Waals surface area contributed by atoms with Crippen LogP contribution in [0.3, 0.4) is 0 Å². The van der Waals surface area contributed by atoms with Crippen molar-refractivity contribution >= 4 is 5.69 Å². The number of phenols is 1. The molecule has 1 atom stereocenters. The van der Waals surface area contributed by atoms with Crippen molar-refractivity contribution in [3.63, 3.8) is 0 Å². The van der Waals surface area contributed by atoms with Crippen molar-refractivity contribution in [3.05, 3.63) is 53.6 Å². The molecule has 0 saturated carbocycles. The molecule has 0 aliphatic carbocycles. The third-order valence-corrected chi connectivity index (χ3v) is 4.06. The molecule has 0 aliphatic heterocycles. The van der Waals surface area contributed by atoms with Crippen LogP contribution >= 0.6 is 0 Å². The fourth-order valence-electron chi connectivity index (χ4n) is 2.62. The lowest BCUT2D eigenvalue weighted by Crippen LogP contribution is -2.34. The largest absolute Gasteiger partial charge is 0.508 e. The van der Waals surface area contributed by atoms with Gasteiger partial charge in [0.1, 0.15) is 11.5 Å². The van der Waals surface area contributed by atoms with Crippen LogP contribution < -0.4 is 9.64 Å². The highest BCUT2D eigenvalue weighted by Crippen LogP contribution is 2.26. The van der Waals surface area contributed by atoms with Crippen LogP contribution in [0.4, 0.5) is 5.69 Å². The van der Waals surface area contributed by atoms with Gasteiger partial charge in [0, 0.05) is 23.8 Å². The summed E-state index contributed by atoms with van der Waals surface area (Å²) in [5, 5.41) is 29.5. The van der Waals surface area contributed by atoms with E-state index < -0.39 is 6.10 Å². The Labute approximate surface area is 142 Å². The molecule has 2 rings (SSSR count). The van der Waals surface area contributed by atoms with E-state index in [-0.39, 0.29) is 18.4 Å². The Bertz CT molecular complexity index is 655. The Morgan fingerprint density at radius 2 is 1.75 bits per heavy atom. The standard InChI is InChI=1S/C19H25NO4/c1-13(2)20(16-5-7-17(24-3)8-6-16)11-19(23)14-4-9-18(22)15(10-14)12-21/h4-10,13,19,21-23H,11-12H2,1-3H3. The lowest BCUT2D eigenvalue weighted by atomic mass is 10.0. The lowest BCUT2D eigenvalue weighted by Gasteiger charge is -2.31. The fraction of sp³-hybridized carbons (Fsp3) is 0.368. The second-order valence-corrected chi connectivity index (χ2v) is 6.01. The number of methoxy groups -OCH3 is 1. The maximum Gasteiger partial charge on any atom is 0.121 e. The molecule has 1 unspecified atom stereocenters. The molecular formula is C19H25NO4. The highest BCUT2D eigenvalue weighted by atomic mass is 16.5. The Hall–Kier alpha value is -2.24. The smallest absolute Gasteiger partial charge is 0.121 e. The van der Waals surface area contributed by atoms with Gasteiger partial charge in [-0.3, -0.25) is 0 Å². The molecule has 0 saturated heterocycles. The molecule has 2 aromatic carbocycles. The second-order valence-electron chi connectivity index (χ2n) is 6.01. The number of aliphatic hydroxyl groups excluding tert-OH is 2. The van der Waals surface area contributed by atoms with Gasteiger partial charge < -0.3 is 25.0 Å². The van der Waals surface area contributed by atoms with Crippen LogP contribution in [0.1, 0.15) is 31.1 Å². The summed E-state index contributed by atoms with van der Waals surface area (Å²) in [6, 6.07) is 12.7. The van der Waals surface area contributed by atoms with Crippen LogP contribution in [-0.2, 0) is 6.61 Å². The second kappa shape index (κ2) is 8.04. The maximum atomic E-state index is 10.6. The van der Waals surface area contributed by atoms with Gasteiger partial charge in [-0.25, -0.2) is 0 Å². The number of hydrogen-bond donors (Lipinski definition) is 3. The lowest BCUT2D eigenvalue weighted by molar-refractivity contribution is 0.180. The number of anilines is 1. The van der Waals surface area contributed by atoms with Crippen LogP contribution in [0.15, 0.2) is 42.5 Å². The summed E-state index contributed by atoms with van der Waals surface area (Å²) < 4.78 is 5.18. The third-order valence-electron chi connectivity index (χ3n) is 4.06. The van der Waals surface area contributed by atoms with E-state index in [9.17, 15) is 15.3 Å². The van der Waals surface area contributed by atoms with Crippen molar-refractivity contribution in [2.45, 2.75) is 32.6 Å². The molecule has 0 spiro atoms. The summed E-state index contributed by atoms with van der Waals surface area (Å²) >= 11 is 0. The first kappa shape index (κ1) is 18.1. The molecule has 0 heterocycles. The monoisotopic (exact) mass is 331 g/mol. The van der Waals surface area contributed by atoms with Crippen molar-refractivity contribution in [1.29, 1.82) is 0 Å². The average molecular weight is 331 g/mol. The number of aliphatic hydroxyl groups is 2. The van der Waals surface area contributed by atoms with Crippen molar-refractivity contribution in [3.8, 4) is 11.5 Å². The summed E-state index contributed by atoms with van der Waals surface area (Å²) in [5.74, 6) is 0.818. The number of aromatic hydroxyl groups is 1. The summed E-state index contributed by atoms with van der Waals surface area (Å²) in [6.07, 6.45) is -0.736. The van der Waals surface area contributed by atoms with E-state index in [0.717, 1.165) is 11.4 Å². The van der Waals surface area contributed by atoms with E-state index in [4.69, 9.17) is 4.74 Å². The minimum atomic E-state index is -0.736. The van der Waals surface area contributed by atoms with Crippen LogP contribution in [-0.4, -0.2) is 35.0 Å². The van der Waals surface area contributed by atoms with Gasteiger partial charge in [-0.05, 0) is 55.8 Å². The zero-order valence-corrected chi connectivity index (χ0v) is 14.3. The van der Waals surface area contributed by atoms with E-state index in [1.54, 1.807) is 19.2 Å². The molecular weight excluding hydrogens is 306 g/mol. The van der Waals surface area contributed by atoms with Gasteiger partial charge in [-0.1, -0.05) is 6.07 Å². The Balaban J connectivity index is 2.20. The quantitative estimate of drug-likeness (QED) is 0.727. The van der Waals surface area contributed by atoms with E-state index in [1.807, 2.05) is 24.3 Å². The van der Waals surface area contributed by atoms with Crippen LogP contribution in [0, 0.1) is 0 Å². The van der Waals surface area contributed by atoms with Gasteiger partial charge in [0.15, 0.2) is 0 Å². The van der Waals surface area contributed by atoms with Gasteiger partial charge >= 0.3 is 0 Å². The number of hydrogen-bond acceptors (Lipinski definition) is 5. The van der Waals surface area contributed by atoms with E-state index in [1.165, 1.54) is 6.07 Å². The Kier molecular flexibility index (Phi) is 6.06. The molecule has 0 radical (unpaired) electrons. The van der Waals surface area contributed by atoms with Crippen molar-refractivity contribution < 1.29 is 20.1 Å². The summed E-state index contributed by atoms with van der Waals surface area (Å²) in [5.41, 5.74) is 2.06. The predicted octanol–water partition coefficient (Wildman–Crippen LogP) is 2.84. The first-order valence-corrected chi connectivity index (χ1v) is 7.97. The average Bonchev–Trinajstić information content (AvgIpc) is 2.59. The summed E-state index contributed by atoms with van der Waals surface area (Å²) in [7, 11) is 1.63. The zero-order chi connectivity index (χ0) is 17.7. The molecule has 0 aliphatic rings. The highest BCUT2D eigenvalue weighted by Gasteiger charge is 2.18. The number of ether oxygens (including phenoxy) is 1. The molecule has 0 fully saturated rings. The topological polar surface area (TPSA) is 73.2 Å². The number of rotatable bonds is 7. The van der Waals surface area contributed by atoms with E-state index in [0.29, 0.717) is 17.7 Å². The van der Waals surface area contributed by atoms with Crippen LogP contribution in [0.2, 0.25) is 0 Å². The molecule has 24 heavy (non-hydrogen) atoms. The fourth-order valence-corrected chi connectivity index (χ4v) is 2.62. The summed E-state index contributed by atoms with van der Waals surface area (Å²) in [4.78, 5) is 2.09. The molecule has 0 amide bonds. The molecule has 2 aromatic rings. The normalized spacial score (nSPS) is 12.2. The third kappa shape index (κ3) is 4.19. The molecule has 3 N–H and O–H groups in total. The highest BCUT2D eigenvalue weighted by molar-refractivity contribution is 5.50. The van der Waals surface area contributed by atoms with Crippen LogP contribution in [0.25, 0.3) is 0 Å². The Morgan fingerprint density at radius 1 is 1.08 bits per heavy atom. The molecule has 5 heteroatoms. The van der Waals surface area contributed by atoms with Gasteiger partial charge in [0.05, 0.1) is 19.8 Å². The SMILES string of the molecule is COc1ccc(N(CC(O)c2ccc(O)c(CO)c2)C(C)C)cc1. The minimum absolute atomic E-state index is 0.0318. The first-order valence-electron chi connectivity index (χ1n) is 7.97. The Morgan fingerprint density at radius 3 is 2.29 bits per heavy atom. The molecule has 0 aromatic heterocycles. The van der Waals surface area contributed by atoms with E-state index >= 15 is 0 Å². The van der Waals surface area contributed by atoms with Gasteiger partial charge in [0.2, 0.25) is 0 Å². The van der Waals surface area contributed by atoms with E-state index in [2.05, 4.69) is 18.7 Å². The van der Waals surface area contributed by atoms with Gasteiger partial charge in [0.25, 0.3) is 0 Å². The van der Waals surface area contributed by atoms with Gasteiger partial charge in [-0.15, -0.1) is 0 Å². The maximum absolute atomic E-state index is 10.6. The zero-order valence-electron chi connectivity index (χ0n) is 14.3. The minimum Gasteiger partial charge on any atom is -0.508 e. The van der Waals surface area contributed by atoms with Crippen LogP contribution in [0.5, 0.6) is 11.5 Å². The van der Waals surface area contributed by atoms with Crippen molar-refractivity contribution in [1.82, 2.24) is 0 Å². The molecule has 130 valence electrons. The predicted molar refractivity (Wildman–Crippen MR) is 94.5 cm³/mol. The number of nitrogens with zero attached hydrogens (tertiary/aromatic N) is 1. The molecule has 0 bridgehead atoms. The van der Waals surface area contributed by atoms with Crippen molar-refractivity contribution in [2.24, 2.45) is 0 Å². The summed E-state index contributed by atoms with van der Waals surface area (Å²) in [6.45, 7) is 4.26. The van der Waals surface area contributed by atoms with Gasteiger partial charge in [-0.2, -0.15) is 0 Å².